The van der Waals surface area contributed by atoms with E-state index in [1.165, 1.54) is 6.07 Å². The number of hydrogen-bond donors (Lipinski definition) is 2. The van der Waals surface area contributed by atoms with Crippen molar-refractivity contribution >= 4 is 0 Å². The Labute approximate surface area is 107 Å². The molecule has 1 aromatic carbocycles. The number of nitrogens with two attached hydrogens (primary N) is 1. The normalized spacial score (nSPS) is 22.9. The first-order valence-electron chi connectivity index (χ1n) is 6.57. The Morgan fingerprint density at radius 3 is 2.94 bits per heavy atom. The Morgan fingerprint density at radius 2 is 2.22 bits per heavy atom. The number of piperidine rings is 1. The molecular weight excluding hydrogens is 231 g/mol. The van der Waals surface area contributed by atoms with Gasteiger partial charge in [-0.1, -0.05) is 18.2 Å². The first-order chi connectivity index (χ1) is 8.66. The van der Waals surface area contributed by atoms with Gasteiger partial charge in [0.2, 0.25) is 0 Å². The SMILES string of the molecule is NC(CCN1CCCC(O)C1)c1ccccc1F. The van der Waals surface area contributed by atoms with Gasteiger partial charge in [-0.05, 0) is 31.9 Å². The van der Waals surface area contributed by atoms with Gasteiger partial charge in [-0.3, -0.25) is 0 Å². The van der Waals surface area contributed by atoms with E-state index in [4.69, 9.17) is 5.73 Å². The molecule has 0 radical (unpaired) electrons. The lowest BCUT2D eigenvalue weighted by Crippen LogP contribution is -2.39. The van der Waals surface area contributed by atoms with Crippen molar-refractivity contribution in [1.29, 1.82) is 0 Å². The van der Waals surface area contributed by atoms with Gasteiger partial charge in [0.05, 0.1) is 6.10 Å². The molecule has 18 heavy (non-hydrogen) atoms. The standard InChI is InChI=1S/C14H21FN2O/c15-13-6-2-1-5-12(13)14(16)7-9-17-8-3-4-11(18)10-17/h1-2,5-6,11,14,18H,3-4,7-10,16H2. The Balaban J connectivity index is 1.84. The Hall–Kier alpha value is -0.970. The molecule has 1 aliphatic heterocycles. The number of β-amino-alcohol motifs (C(OH)–C–C–N with tert-alkyl or cyclic N) is 1. The quantitative estimate of drug-likeness (QED) is 0.857. The van der Waals surface area contributed by atoms with Crippen LogP contribution < -0.4 is 5.73 Å². The lowest BCUT2D eigenvalue weighted by molar-refractivity contribution is 0.0691. The number of aliphatic hydroxyl groups is 1. The molecule has 3 nitrogen and oxygen atoms in total. The molecule has 100 valence electrons. The third-order valence-corrected chi connectivity index (χ3v) is 3.54. The van der Waals surface area contributed by atoms with Gasteiger partial charge >= 0.3 is 0 Å². The van der Waals surface area contributed by atoms with E-state index in [-0.39, 0.29) is 18.0 Å². The summed E-state index contributed by atoms with van der Waals surface area (Å²) < 4.78 is 13.5. The van der Waals surface area contributed by atoms with E-state index in [1.54, 1.807) is 12.1 Å². The summed E-state index contributed by atoms with van der Waals surface area (Å²) in [4.78, 5) is 2.20. The monoisotopic (exact) mass is 252 g/mol. The lowest BCUT2D eigenvalue weighted by Gasteiger charge is -2.30. The summed E-state index contributed by atoms with van der Waals surface area (Å²) in [6.07, 6.45) is 2.41. The smallest absolute Gasteiger partial charge is 0.127 e. The molecule has 0 bridgehead atoms. The highest BCUT2D eigenvalue weighted by atomic mass is 19.1. The van der Waals surface area contributed by atoms with E-state index >= 15 is 0 Å². The molecule has 2 unspecified atom stereocenters. The number of benzene rings is 1. The van der Waals surface area contributed by atoms with Crippen LogP contribution in [0.1, 0.15) is 30.9 Å². The maximum atomic E-state index is 13.5. The van der Waals surface area contributed by atoms with Crippen molar-refractivity contribution < 1.29 is 9.50 Å². The van der Waals surface area contributed by atoms with Crippen molar-refractivity contribution in [3.8, 4) is 0 Å². The van der Waals surface area contributed by atoms with Crippen LogP contribution in [0.25, 0.3) is 0 Å². The van der Waals surface area contributed by atoms with Crippen LogP contribution in [-0.4, -0.2) is 35.7 Å². The first-order valence-corrected chi connectivity index (χ1v) is 6.57. The van der Waals surface area contributed by atoms with Gasteiger partial charge in [-0.15, -0.1) is 0 Å². The molecule has 1 saturated heterocycles. The molecule has 0 spiro atoms. The Bertz CT molecular complexity index is 386. The summed E-state index contributed by atoms with van der Waals surface area (Å²) in [7, 11) is 0. The van der Waals surface area contributed by atoms with Crippen molar-refractivity contribution in [3.63, 3.8) is 0 Å². The van der Waals surface area contributed by atoms with Crippen molar-refractivity contribution in [2.24, 2.45) is 5.73 Å². The van der Waals surface area contributed by atoms with Gasteiger partial charge in [0.25, 0.3) is 0 Å². The van der Waals surface area contributed by atoms with E-state index in [0.29, 0.717) is 18.5 Å². The van der Waals surface area contributed by atoms with Gasteiger partial charge in [-0.25, -0.2) is 4.39 Å². The fourth-order valence-corrected chi connectivity index (χ4v) is 2.49. The topological polar surface area (TPSA) is 49.5 Å². The van der Waals surface area contributed by atoms with Gasteiger partial charge in [0.15, 0.2) is 0 Å². The fraction of sp³-hybridized carbons (Fsp3) is 0.571. The molecule has 2 rings (SSSR count). The minimum atomic E-state index is -0.273. The van der Waals surface area contributed by atoms with Gasteiger partial charge in [0.1, 0.15) is 5.82 Å². The van der Waals surface area contributed by atoms with Crippen LogP contribution in [-0.2, 0) is 0 Å². The number of nitrogens with zero attached hydrogens (tertiary/aromatic N) is 1. The van der Waals surface area contributed by atoms with Crippen LogP contribution in [0.2, 0.25) is 0 Å². The minimum Gasteiger partial charge on any atom is -0.392 e. The number of likely N-dealkylation sites (tertiary alicyclic amines) is 1. The predicted molar refractivity (Wildman–Crippen MR) is 69.6 cm³/mol. The highest BCUT2D eigenvalue weighted by Gasteiger charge is 2.18. The molecule has 1 fully saturated rings. The van der Waals surface area contributed by atoms with Crippen LogP contribution in [0.3, 0.4) is 0 Å². The highest BCUT2D eigenvalue weighted by Crippen LogP contribution is 2.19. The average molecular weight is 252 g/mol. The zero-order chi connectivity index (χ0) is 13.0. The molecule has 3 N–H and O–H groups in total. The molecule has 2 atom stereocenters. The Kier molecular flexibility index (Phi) is 4.69. The molecule has 1 aromatic rings. The maximum Gasteiger partial charge on any atom is 0.127 e. The average Bonchev–Trinajstić information content (AvgIpc) is 2.37. The summed E-state index contributed by atoms with van der Waals surface area (Å²) in [5, 5.41) is 9.57. The van der Waals surface area contributed by atoms with Crippen molar-refractivity contribution in [3.05, 3.63) is 35.6 Å². The molecule has 0 amide bonds. The van der Waals surface area contributed by atoms with Gasteiger partial charge in [0, 0.05) is 24.7 Å². The third kappa shape index (κ3) is 3.51. The third-order valence-electron chi connectivity index (χ3n) is 3.54. The minimum absolute atomic E-state index is 0.219. The van der Waals surface area contributed by atoms with Crippen LogP contribution in [0.15, 0.2) is 24.3 Å². The van der Waals surface area contributed by atoms with Crippen LogP contribution in [0, 0.1) is 5.82 Å². The largest absolute Gasteiger partial charge is 0.392 e. The predicted octanol–water partition coefficient (Wildman–Crippen LogP) is 1.67. The second kappa shape index (κ2) is 6.27. The summed E-state index contributed by atoms with van der Waals surface area (Å²) in [5.41, 5.74) is 6.60. The van der Waals surface area contributed by atoms with Crippen molar-refractivity contribution in [1.82, 2.24) is 4.90 Å². The first kappa shape index (κ1) is 13.5. The Morgan fingerprint density at radius 1 is 1.44 bits per heavy atom. The van der Waals surface area contributed by atoms with Crippen LogP contribution in [0.4, 0.5) is 4.39 Å². The van der Waals surface area contributed by atoms with Crippen molar-refractivity contribution in [2.45, 2.75) is 31.4 Å². The number of halogens is 1. The van der Waals surface area contributed by atoms with Crippen LogP contribution >= 0.6 is 0 Å². The van der Waals surface area contributed by atoms with E-state index in [1.807, 2.05) is 6.07 Å². The molecule has 0 aliphatic carbocycles. The summed E-state index contributed by atoms with van der Waals surface area (Å²) in [6.45, 7) is 2.53. The molecule has 0 aromatic heterocycles. The maximum absolute atomic E-state index is 13.5. The fourth-order valence-electron chi connectivity index (χ4n) is 2.49. The van der Waals surface area contributed by atoms with E-state index in [0.717, 1.165) is 25.9 Å². The van der Waals surface area contributed by atoms with Gasteiger partial charge < -0.3 is 15.7 Å². The van der Waals surface area contributed by atoms with Gasteiger partial charge in [-0.2, -0.15) is 0 Å². The summed E-state index contributed by atoms with van der Waals surface area (Å²) >= 11 is 0. The zero-order valence-electron chi connectivity index (χ0n) is 10.6. The molecule has 0 saturated carbocycles. The highest BCUT2D eigenvalue weighted by molar-refractivity contribution is 5.20. The molecule has 4 heteroatoms. The molecule has 1 aliphatic rings. The van der Waals surface area contributed by atoms with E-state index in [2.05, 4.69) is 4.90 Å². The zero-order valence-corrected chi connectivity index (χ0v) is 10.6. The van der Waals surface area contributed by atoms with E-state index < -0.39 is 0 Å². The number of rotatable bonds is 4. The molecule has 1 heterocycles. The van der Waals surface area contributed by atoms with E-state index in [9.17, 15) is 9.50 Å². The molecular formula is C14H21FN2O. The second-order valence-corrected chi connectivity index (χ2v) is 5.01. The number of aliphatic hydroxyl groups excluding tert-OH is 1. The summed E-state index contributed by atoms with van der Waals surface area (Å²) in [6, 6.07) is 6.39. The second-order valence-electron chi connectivity index (χ2n) is 5.01. The van der Waals surface area contributed by atoms with Crippen LogP contribution in [0.5, 0.6) is 0 Å². The summed E-state index contributed by atoms with van der Waals surface area (Å²) in [5.74, 6) is -0.233. The number of hydrogen-bond acceptors (Lipinski definition) is 3. The van der Waals surface area contributed by atoms with Crippen molar-refractivity contribution in [2.75, 3.05) is 19.6 Å². The lowest BCUT2D eigenvalue weighted by atomic mass is 10.0.